The summed E-state index contributed by atoms with van der Waals surface area (Å²) in [4.78, 5) is 35.1. The fourth-order valence-electron chi connectivity index (χ4n) is 2.27. The van der Waals surface area contributed by atoms with E-state index in [0.29, 0.717) is 16.9 Å². The van der Waals surface area contributed by atoms with E-state index in [9.17, 15) is 14.4 Å². The summed E-state index contributed by atoms with van der Waals surface area (Å²) in [6.07, 6.45) is 0. The van der Waals surface area contributed by atoms with E-state index in [1.165, 1.54) is 27.0 Å². The summed E-state index contributed by atoms with van der Waals surface area (Å²) in [7, 11) is 1.25. The second kappa shape index (κ2) is 8.49. The van der Waals surface area contributed by atoms with Crippen molar-refractivity contribution in [2.24, 2.45) is 0 Å². The number of nitrogens with one attached hydrogen (secondary N) is 2. The maximum Gasteiger partial charge on any atom is 0.339 e. The smallest absolute Gasteiger partial charge is 0.339 e. The molecule has 0 saturated heterocycles. The van der Waals surface area contributed by atoms with Crippen molar-refractivity contribution in [2.75, 3.05) is 17.7 Å². The van der Waals surface area contributed by atoms with Gasteiger partial charge < -0.3 is 15.4 Å². The van der Waals surface area contributed by atoms with Crippen molar-refractivity contribution in [3.8, 4) is 11.8 Å². The van der Waals surface area contributed by atoms with Crippen LogP contribution in [0.1, 0.15) is 35.3 Å². The van der Waals surface area contributed by atoms with Gasteiger partial charge >= 0.3 is 5.97 Å². The SMILES string of the molecule is COC(=O)c1cc(NC(C)=O)cc(NC(C)=O)c1C#Cc1ccccc1. The largest absolute Gasteiger partial charge is 0.465 e. The van der Waals surface area contributed by atoms with E-state index in [0.717, 1.165) is 5.56 Å². The zero-order valence-electron chi connectivity index (χ0n) is 14.7. The van der Waals surface area contributed by atoms with Gasteiger partial charge in [-0.15, -0.1) is 0 Å². The van der Waals surface area contributed by atoms with Gasteiger partial charge in [0, 0.05) is 25.1 Å². The molecule has 0 fully saturated rings. The van der Waals surface area contributed by atoms with Crippen molar-refractivity contribution in [2.45, 2.75) is 13.8 Å². The van der Waals surface area contributed by atoms with Gasteiger partial charge in [-0.05, 0) is 24.3 Å². The first-order valence-corrected chi connectivity index (χ1v) is 7.79. The number of hydrogen-bond acceptors (Lipinski definition) is 4. The number of methoxy groups -OCH3 is 1. The molecular weight excluding hydrogens is 332 g/mol. The Morgan fingerprint density at radius 1 is 0.923 bits per heavy atom. The molecule has 26 heavy (non-hydrogen) atoms. The van der Waals surface area contributed by atoms with Crippen molar-refractivity contribution in [1.82, 2.24) is 0 Å². The molecule has 0 bridgehead atoms. The van der Waals surface area contributed by atoms with Crippen LogP contribution in [0.2, 0.25) is 0 Å². The molecule has 2 aromatic rings. The van der Waals surface area contributed by atoms with E-state index < -0.39 is 5.97 Å². The molecule has 2 amide bonds. The Morgan fingerprint density at radius 2 is 1.58 bits per heavy atom. The van der Waals surface area contributed by atoms with Crippen molar-refractivity contribution < 1.29 is 19.1 Å². The van der Waals surface area contributed by atoms with E-state index in [2.05, 4.69) is 22.5 Å². The first-order valence-electron chi connectivity index (χ1n) is 7.79. The molecule has 0 radical (unpaired) electrons. The molecular formula is C20H18N2O4. The van der Waals surface area contributed by atoms with Crippen LogP contribution in [0.5, 0.6) is 0 Å². The van der Waals surface area contributed by atoms with Crippen LogP contribution in [-0.2, 0) is 14.3 Å². The number of amides is 2. The highest BCUT2D eigenvalue weighted by Crippen LogP contribution is 2.26. The molecule has 0 heterocycles. The lowest BCUT2D eigenvalue weighted by Crippen LogP contribution is -2.14. The average Bonchev–Trinajstić information content (AvgIpc) is 2.59. The summed E-state index contributed by atoms with van der Waals surface area (Å²) >= 11 is 0. The fraction of sp³-hybridized carbons (Fsp3) is 0.150. The number of benzene rings is 2. The number of ether oxygens (including phenoxy) is 1. The minimum absolute atomic E-state index is 0.144. The second-order valence-electron chi connectivity index (χ2n) is 5.42. The Morgan fingerprint density at radius 3 is 2.15 bits per heavy atom. The van der Waals surface area contributed by atoms with Crippen molar-refractivity contribution in [3.05, 3.63) is 59.2 Å². The molecule has 0 spiro atoms. The first kappa shape index (κ1) is 18.7. The molecule has 0 saturated carbocycles. The van der Waals surface area contributed by atoms with Gasteiger partial charge in [0.2, 0.25) is 11.8 Å². The van der Waals surface area contributed by atoms with Crippen LogP contribution in [0.25, 0.3) is 0 Å². The van der Waals surface area contributed by atoms with Crippen molar-refractivity contribution >= 4 is 29.2 Å². The number of hydrogen-bond donors (Lipinski definition) is 2. The van der Waals surface area contributed by atoms with Crippen LogP contribution in [0.3, 0.4) is 0 Å². The van der Waals surface area contributed by atoms with Crippen molar-refractivity contribution in [1.29, 1.82) is 0 Å². The van der Waals surface area contributed by atoms with E-state index in [4.69, 9.17) is 4.74 Å². The lowest BCUT2D eigenvalue weighted by molar-refractivity contribution is -0.115. The summed E-state index contributed by atoms with van der Waals surface area (Å²) in [6, 6.07) is 12.2. The van der Waals surface area contributed by atoms with Gasteiger partial charge in [0.1, 0.15) is 0 Å². The normalized spacial score (nSPS) is 9.50. The second-order valence-corrected chi connectivity index (χ2v) is 5.42. The Bertz CT molecular complexity index is 909. The number of carbonyl (C=O) groups excluding carboxylic acids is 3. The maximum atomic E-state index is 12.2. The molecule has 0 aliphatic rings. The van der Waals surface area contributed by atoms with Crippen LogP contribution in [-0.4, -0.2) is 24.9 Å². The molecule has 2 N–H and O–H groups in total. The monoisotopic (exact) mass is 350 g/mol. The molecule has 0 atom stereocenters. The molecule has 6 heteroatoms. The molecule has 132 valence electrons. The number of esters is 1. The highest BCUT2D eigenvalue weighted by Gasteiger charge is 2.17. The Labute approximate surface area is 151 Å². The van der Waals surface area contributed by atoms with Crippen LogP contribution in [0.4, 0.5) is 11.4 Å². The minimum Gasteiger partial charge on any atom is -0.465 e. The van der Waals surface area contributed by atoms with Gasteiger partial charge in [-0.3, -0.25) is 9.59 Å². The highest BCUT2D eigenvalue weighted by atomic mass is 16.5. The molecule has 0 aliphatic carbocycles. The third-order valence-corrected chi connectivity index (χ3v) is 3.28. The van der Waals surface area contributed by atoms with Gasteiger partial charge in [0.15, 0.2) is 0 Å². The van der Waals surface area contributed by atoms with Crippen LogP contribution in [0.15, 0.2) is 42.5 Å². The summed E-state index contributed by atoms with van der Waals surface area (Å²) in [6.45, 7) is 2.69. The molecule has 2 aromatic carbocycles. The third-order valence-electron chi connectivity index (χ3n) is 3.28. The van der Waals surface area contributed by atoms with E-state index >= 15 is 0 Å². The molecule has 0 aliphatic heterocycles. The predicted octanol–water partition coefficient (Wildman–Crippen LogP) is 2.79. The summed E-state index contributed by atoms with van der Waals surface area (Å²) in [5, 5.41) is 5.23. The topological polar surface area (TPSA) is 84.5 Å². The number of rotatable bonds is 3. The van der Waals surface area contributed by atoms with E-state index in [1.54, 1.807) is 6.07 Å². The van der Waals surface area contributed by atoms with Gasteiger partial charge in [-0.25, -0.2) is 4.79 Å². The third kappa shape index (κ3) is 4.95. The molecule has 0 aromatic heterocycles. The van der Waals surface area contributed by atoms with Gasteiger partial charge in [-0.2, -0.15) is 0 Å². The van der Waals surface area contributed by atoms with Crippen LogP contribution < -0.4 is 10.6 Å². The Balaban J connectivity index is 2.64. The average molecular weight is 350 g/mol. The van der Waals surface area contributed by atoms with Gasteiger partial charge in [0.25, 0.3) is 0 Å². The number of carbonyl (C=O) groups is 3. The van der Waals surface area contributed by atoms with Crippen molar-refractivity contribution in [3.63, 3.8) is 0 Å². The van der Waals surface area contributed by atoms with E-state index in [-0.39, 0.29) is 17.4 Å². The first-order chi connectivity index (χ1) is 12.4. The fourth-order valence-corrected chi connectivity index (χ4v) is 2.27. The lowest BCUT2D eigenvalue weighted by Gasteiger charge is -2.13. The van der Waals surface area contributed by atoms with Gasteiger partial charge in [0.05, 0.1) is 23.9 Å². The Hall–Kier alpha value is -3.59. The van der Waals surface area contributed by atoms with Gasteiger partial charge in [-0.1, -0.05) is 30.0 Å². The summed E-state index contributed by atoms with van der Waals surface area (Å²) < 4.78 is 4.82. The van der Waals surface area contributed by atoms with E-state index in [1.807, 2.05) is 30.3 Å². The summed E-state index contributed by atoms with van der Waals surface area (Å²) in [5.41, 5.74) is 1.87. The standard InChI is InChI=1S/C20H18N2O4/c1-13(23)21-16-11-18(20(25)26-3)17(19(12-16)22-14(2)24)10-9-15-7-5-4-6-8-15/h4-8,11-12H,1-3H3,(H,21,23)(H,22,24). The molecule has 0 unspecified atom stereocenters. The Kier molecular flexibility index (Phi) is 6.12. The molecule has 6 nitrogen and oxygen atoms in total. The molecule has 2 rings (SSSR count). The maximum absolute atomic E-state index is 12.2. The van der Waals surface area contributed by atoms with Crippen LogP contribution >= 0.6 is 0 Å². The lowest BCUT2D eigenvalue weighted by atomic mass is 10.0. The van der Waals surface area contributed by atoms with Crippen LogP contribution in [0, 0.1) is 11.8 Å². The minimum atomic E-state index is -0.624. The quantitative estimate of drug-likeness (QED) is 0.658. The summed E-state index contributed by atoms with van der Waals surface area (Å²) in [5.74, 6) is 4.62. The zero-order valence-corrected chi connectivity index (χ0v) is 14.7. The number of anilines is 2. The predicted molar refractivity (Wildman–Crippen MR) is 98.8 cm³/mol. The zero-order chi connectivity index (χ0) is 19.1. The highest BCUT2D eigenvalue weighted by molar-refractivity contribution is 6.01.